The van der Waals surface area contributed by atoms with Gasteiger partial charge in [0.25, 0.3) is 0 Å². The average molecular weight is 360 g/mol. The van der Waals surface area contributed by atoms with E-state index in [0.29, 0.717) is 12.8 Å². The standard InChI is InChI=1S/C11H22BN3O5.2ClH/c1-7(13)9(16)15-5-8(3-2-4-12(19)20)11(14,6-15)10(17)18;;/h7-8,19-20H,2-6,13-14H2,1H3,(H,17,18);2*1H. The fraction of sp³-hybridized carbons (Fsp3) is 0.818. The van der Waals surface area contributed by atoms with Crippen molar-refractivity contribution in [2.24, 2.45) is 17.4 Å². The van der Waals surface area contributed by atoms with E-state index in [2.05, 4.69) is 0 Å². The third-order valence-corrected chi connectivity index (χ3v) is 3.74. The maximum Gasteiger partial charge on any atom is 0.451 e. The van der Waals surface area contributed by atoms with E-state index in [4.69, 9.17) is 21.5 Å². The number of carbonyl (C=O) groups excluding carboxylic acids is 1. The number of carboxylic acid groups (broad SMARTS) is 1. The lowest BCUT2D eigenvalue weighted by molar-refractivity contribution is -0.144. The van der Waals surface area contributed by atoms with E-state index in [1.54, 1.807) is 0 Å². The van der Waals surface area contributed by atoms with Gasteiger partial charge in [0.1, 0.15) is 5.54 Å². The predicted molar refractivity (Wildman–Crippen MR) is 87.0 cm³/mol. The van der Waals surface area contributed by atoms with Gasteiger partial charge in [-0.05, 0) is 19.7 Å². The molecule has 1 saturated heterocycles. The van der Waals surface area contributed by atoms with Gasteiger partial charge in [-0.25, -0.2) is 0 Å². The molecule has 0 aromatic carbocycles. The Balaban J connectivity index is 0. The molecule has 22 heavy (non-hydrogen) atoms. The van der Waals surface area contributed by atoms with Crippen molar-refractivity contribution in [2.75, 3.05) is 13.1 Å². The van der Waals surface area contributed by atoms with Crippen LogP contribution in [0, 0.1) is 5.92 Å². The van der Waals surface area contributed by atoms with Crippen LogP contribution in [0.1, 0.15) is 19.8 Å². The van der Waals surface area contributed by atoms with Crippen LogP contribution in [0.15, 0.2) is 0 Å². The molecule has 0 saturated carbocycles. The van der Waals surface area contributed by atoms with Crippen molar-refractivity contribution in [1.82, 2.24) is 4.90 Å². The molecule has 0 aromatic heterocycles. The maximum absolute atomic E-state index is 11.9. The largest absolute Gasteiger partial charge is 0.480 e. The molecule has 1 fully saturated rings. The summed E-state index contributed by atoms with van der Waals surface area (Å²) in [5.41, 5.74) is 9.94. The summed E-state index contributed by atoms with van der Waals surface area (Å²) in [6.45, 7) is 1.69. The molecule has 7 N–H and O–H groups in total. The third kappa shape index (κ3) is 5.56. The van der Waals surface area contributed by atoms with Gasteiger partial charge < -0.3 is 31.5 Å². The van der Waals surface area contributed by atoms with Crippen molar-refractivity contribution in [3.63, 3.8) is 0 Å². The van der Waals surface area contributed by atoms with Gasteiger partial charge in [-0.2, -0.15) is 0 Å². The highest BCUT2D eigenvalue weighted by Crippen LogP contribution is 2.30. The molecule has 1 aliphatic heterocycles. The fourth-order valence-corrected chi connectivity index (χ4v) is 2.53. The average Bonchev–Trinajstić information content (AvgIpc) is 2.67. The molecule has 1 rings (SSSR count). The number of nitrogens with zero attached hydrogens (tertiary/aromatic N) is 1. The van der Waals surface area contributed by atoms with Crippen molar-refractivity contribution in [3.8, 4) is 0 Å². The Morgan fingerprint density at radius 1 is 1.41 bits per heavy atom. The van der Waals surface area contributed by atoms with Gasteiger partial charge in [0.05, 0.1) is 6.04 Å². The second kappa shape index (κ2) is 9.54. The van der Waals surface area contributed by atoms with Gasteiger partial charge in [0.15, 0.2) is 0 Å². The molecule has 130 valence electrons. The van der Waals surface area contributed by atoms with E-state index >= 15 is 0 Å². The summed E-state index contributed by atoms with van der Waals surface area (Å²) in [7, 11) is -1.42. The third-order valence-electron chi connectivity index (χ3n) is 3.74. The summed E-state index contributed by atoms with van der Waals surface area (Å²) in [4.78, 5) is 24.6. The van der Waals surface area contributed by atoms with Crippen LogP contribution >= 0.6 is 24.8 Å². The smallest absolute Gasteiger partial charge is 0.451 e. The lowest BCUT2D eigenvalue weighted by Crippen LogP contribution is -2.55. The van der Waals surface area contributed by atoms with Gasteiger partial charge in [-0.15, -0.1) is 24.8 Å². The lowest BCUT2D eigenvalue weighted by Gasteiger charge is -2.25. The van der Waals surface area contributed by atoms with Crippen molar-refractivity contribution < 1.29 is 24.7 Å². The summed E-state index contributed by atoms with van der Waals surface area (Å²) in [5.74, 6) is -1.92. The number of hydrogen-bond acceptors (Lipinski definition) is 6. The van der Waals surface area contributed by atoms with Crippen LogP contribution in [0.3, 0.4) is 0 Å². The van der Waals surface area contributed by atoms with E-state index in [0.717, 1.165) is 0 Å². The van der Waals surface area contributed by atoms with Crippen LogP contribution in [-0.2, 0) is 9.59 Å². The van der Waals surface area contributed by atoms with Crippen LogP contribution in [0.25, 0.3) is 0 Å². The van der Waals surface area contributed by atoms with Crippen LogP contribution in [-0.4, -0.2) is 63.7 Å². The van der Waals surface area contributed by atoms with Gasteiger partial charge >= 0.3 is 13.1 Å². The highest BCUT2D eigenvalue weighted by Gasteiger charge is 2.50. The SMILES string of the molecule is CC(N)C(=O)N1CC(CCCB(O)O)C(N)(C(=O)O)C1.Cl.Cl. The maximum atomic E-state index is 11.9. The molecule has 8 nitrogen and oxygen atoms in total. The zero-order valence-corrected chi connectivity index (χ0v) is 14.0. The van der Waals surface area contributed by atoms with Crippen LogP contribution in [0.4, 0.5) is 0 Å². The Morgan fingerprint density at radius 3 is 2.36 bits per heavy atom. The number of rotatable bonds is 6. The number of carbonyl (C=O) groups is 2. The van der Waals surface area contributed by atoms with Gasteiger partial charge in [0.2, 0.25) is 5.91 Å². The lowest BCUT2D eigenvalue weighted by atomic mass is 9.78. The second-order valence-electron chi connectivity index (χ2n) is 5.46. The predicted octanol–water partition coefficient (Wildman–Crippen LogP) is -1.33. The molecular formula is C11H24BCl2N3O5. The van der Waals surface area contributed by atoms with Crippen LogP contribution in [0.5, 0.6) is 0 Å². The Labute approximate surface area is 142 Å². The number of hydrogen-bond donors (Lipinski definition) is 5. The number of amides is 1. The van der Waals surface area contributed by atoms with Crippen LogP contribution in [0.2, 0.25) is 6.32 Å². The molecule has 0 bridgehead atoms. The number of nitrogens with two attached hydrogens (primary N) is 2. The first kappa shape index (κ1) is 23.7. The van der Waals surface area contributed by atoms with Crippen LogP contribution < -0.4 is 11.5 Å². The number of halogens is 2. The first-order valence-corrected chi connectivity index (χ1v) is 6.61. The summed E-state index contributed by atoms with van der Waals surface area (Å²) in [6, 6.07) is -0.703. The molecule has 0 radical (unpaired) electrons. The normalized spacial score (nSPS) is 25.0. The molecule has 0 aromatic rings. The molecule has 0 aliphatic carbocycles. The first-order chi connectivity index (χ1) is 9.18. The summed E-state index contributed by atoms with van der Waals surface area (Å²) in [5, 5.41) is 26.9. The van der Waals surface area contributed by atoms with E-state index in [-0.39, 0.29) is 50.1 Å². The van der Waals surface area contributed by atoms with E-state index in [1.165, 1.54) is 11.8 Å². The minimum atomic E-state index is -1.51. The van der Waals surface area contributed by atoms with Crippen molar-refractivity contribution in [2.45, 2.75) is 37.7 Å². The molecule has 3 unspecified atom stereocenters. The Morgan fingerprint density at radius 2 is 1.95 bits per heavy atom. The number of likely N-dealkylation sites (tertiary alicyclic amines) is 1. The Kier molecular flexibility index (Phi) is 10.3. The Hall–Kier alpha value is -0.575. The van der Waals surface area contributed by atoms with Gasteiger partial charge in [-0.3, -0.25) is 9.59 Å². The quantitative estimate of drug-likeness (QED) is 0.368. The topological polar surface area (TPSA) is 150 Å². The first-order valence-electron chi connectivity index (χ1n) is 6.61. The molecule has 0 spiro atoms. The number of aliphatic carboxylic acids is 1. The molecule has 11 heteroatoms. The zero-order chi connectivity index (χ0) is 15.5. The highest BCUT2D eigenvalue weighted by molar-refractivity contribution is 6.40. The summed E-state index contributed by atoms with van der Waals surface area (Å²) < 4.78 is 0. The summed E-state index contributed by atoms with van der Waals surface area (Å²) >= 11 is 0. The monoisotopic (exact) mass is 359 g/mol. The van der Waals surface area contributed by atoms with Crippen molar-refractivity contribution in [1.29, 1.82) is 0 Å². The molecule has 1 amide bonds. The molecule has 3 atom stereocenters. The number of carboxylic acids is 1. The molecule has 1 heterocycles. The summed E-state index contributed by atoms with van der Waals surface area (Å²) in [6.07, 6.45) is 0.978. The van der Waals surface area contributed by atoms with Gasteiger partial charge in [-0.1, -0.05) is 6.42 Å². The van der Waals surface area contributed by atoms with E-state index in [9.17, 15) is 14.7 Å². The van der Waals surface area contributed by atoms with Crippen molar-refractivity contribution >= 4 is 43.8 Å². The van der Waals surface area contributed by atoms with Crippen molar-refractivity contribution in [3.05, 3.63) is 0 Å². The fourth-order valence-electron chi connectivity index (χ4n) is 2.53. The second-order valence-corrected chi connectivity index (χ2v) is 5.46. The Bertz CT molecular complexity index is 389. The molecule has 1 aliphatic rings. The van der Waals surface area contributed by atoms with E-state index < -0.39 is 30.6 Å². The minimum Gasteiger partial charge on any atom is -0.480 e. The minimum absolute atomic E-state index is 0. The molecular weight excluding hydrogens is 336 g/mol. The zero-order valence-electron chi connectivity index (χ0n) is 12.3. The van der Waals surface area contributed by atoms with E-state index in [1.807, 2.05) is 0 Å². The highest BCUT2D eigenvalue weighted by atomic mass is 35.5. The van der Waals surface area contributed by atoms with Gasteiger partial charge in [0, 0.05) is 19.0 Å².